The summed E-state index contributed by atoms with van der Waals surface area (Å²) in [5.41, 5.74) is -0.528. The van der Waals surface area contributed by atoms with Crippen LogP contribution >= 0.6 is 15.9 Å². The van der Waals surface area contributed by atoms with Gasteiger partial charge in [-0.05, 0) is 24.3 Å². The van der Waals surface area contributed by atoms with Gasteiger partial charge in [0.2, 0.25) is 0 Å². The number of hydrogen-bond donors (Lipinski definition) is 1. The molecule has 2 aromatic rings. The number of halogens is 4. The van der Waals surface area contributed by atoms with E-state index in [1.165, 1.54) is 30.6 Å². The molecule has 18 heavy (non-hydrogen) atoms. The third-order valence-electron chi connectivity index (χ3n) is 2.39. The Balaban J connectivity index is 2.45. The van der Waals surface area contributed by atoms with Crippen LogP contribution in [-0.4, -0.2) is 10.8 Å². The van der Waals surface area contributed by atoms with Crippen LogP contribution in [0.3, 0.4) is 0 Å². The number of carbonyl (C=O) groups excluding carboxylic acids is 1. The molecule has 0 bridgehead atoms. The van der Waals surface area contributed by atoms with Crippen LogP contribution in [0.4, 0.5) is 13.2 Å². The predicted molar refractivity (Wildman–Crippen MR) is 63.4 cm³/mol. The molecule has 1 N–H and O–H groups in total. The molecule has 0 aliphatic carbocycles. The van der Waals surface area contributed by atoms with E-state index in [1.54, 1.807) is 0 Å². The Morgan fingerprint density at radius 1 is 1.17 bits per heavy atom. The van der Waals surface area contributed by atoms with Gasteiger partial charge in [0.05, 0.1) is 5.56 Å². The van der Waals surface area contributed by atoms with Crippen molar-refractivity contribution < 1.29 is 18.0 Å². The van der Waals surface area contributed by atoms with Crippen molar-refractivity contribution in [2.75, 3.05) is 0 Å². The van der Waals surface area contributed by atoms with Crippen molar-refractivity contribution in [1.82, 2.24) is 4.98 Å². The molecule has 0 radical (unpaired) electrons. The van der Waals surface area contributed by atoms with E-state index in [0.29, 0.717) is 5.56 Å². The van der Waals surface area contributed by atoms with Crippen LogP contribution in [0.25, 0.3) is 0 Å². The van der Waals surface area contributed by atoms with E-state index >= 15 is 0 Å². The standard InChI is InChI=1S/C12H7BrF3NO/c13-10-2-1-7(5-9(10)12(14,15)16)11(18)8-3-4-17-6-8/h1-6,17H. The lowest BCUT2D eigenvalue weighted by atomic mass is 10.0. The molecule has 0 spiro atoms. The summed E-state index contributed by atoms with van der Waals surface area (Å²) < 4.78 is 38.0. The van der Waals surface area contributed by atoms with Crippen LogP contribution in [0.2, 0.25) is 0 Å². The number of aromatic amines is 1. The number of hydrogen-bond acceptors (Lipinski definition) is 1. The van der Waals surface area contributed by atoms with Gasteiger partial charge in [-0.25, -0.2) is 0 Å². The van der Waals surface area contributed by atoms with Crippen LogP contribution in [0, 0.1) is 0 Å². The molecule has 0 saturated heterocycles. The Bertz CT molecular complexity index is 576. The Morgan fingerprint density at radius 3 is 2.44 bits per heavy atom. The summed E-state index contributed by atoms with van der Waals surface area (Å²) in [4.78, 5) is 14.6. The Morgan fingerprint density at radius 2 is 1.89 bits per heavy atom. The largest absolute Gasteiger partial charge is 0.417 e. The van der Waals surface area contributed by atoms with E-state index in [4.69, 9.17) is 0 Å². The number of benzene rings is 1. The van der Waals surface area contributed by atoms with Crippen LogP contribution < -0.4 is 0 Å². The summed E-state index contributed by atoms with van der Waals surface area (Å²) in [6, 6.07) is 4.94. The highest BCUT2D eigenvalue weighted by Crippen LogP contribution is 2.35. The van der Waals surface area contributed by atoms with E-state index in [1.807, 2.05) is 0 Å². The zero-order valence-electron chi connectivity index (χ0n) is 8.88. The van der Waals surface area contributed by atoms with Crippen molar-refractivity contribution in [3.8, 4) is 0 Å². The molecular formula is C12H7BrF3NO. The normalized spacial score (nSPS) is 11.6. The van der Waals surface area contributed by atoms with Crippen LogP contribution in [0.1, 0.15) is 21.5 Å². The number of ketones is 1. The monoisotopic (exact) mass is 317 g/mol. The Hall–Kier alpha value is -1.56. The maximum Gasteiger partial charge on any atom is 0.417 e. The third-order valence-corrected chi connectivity index (χ3v) is 3.09. The summed E-state index contributed by atoms with van der Waals surface area (Å²) in [7, 11) is 0. The fourth-order valence-electron chi connectivity index (χ4n) is 1.52. The lowest BCUT2D eigenvalue weighted by molar-refractivity contribution is -0.138. The van der Waals surface area contributed by atoms with Crippen LogP contribution in [0.5, 0.6) is 0 Å². The minimum atomic E-state index is -4.49. The Labute approximate surface area is 109 Å². The maximum atomic E-state index is 12.7. The third kappa shape index (κ3) is 2.48. The second-order valence-electron chi connectivity index (χ2n) is 3.62. The van der Waals surface area contributed by atoms with Gasteiger partial charge in [0.15, 0.2) is 5.78 Å². The van der Waals surface area contributed by atoms with Crippen molar-refractivity contribution in [1.29, 1.82) is 0 Å². The molecule has 2 rings (SSSR count). The van der Waals surface area contributed by atoms with Gasteiger partial charge in [-0.3, -0.25) is 4.79 Å². The van der Waals surface area contributed by atoms with Gasteiger partial charge in [0.25, 0.3) is 0 Å². The van der Waals surface area contributed by atoms with Gasteiger partial charge in [0, 0.05) is 28.0 Å². The molecule has 0 aliphatic heterocycles. The molecule has 1 heterocycles. The molecule has 0 saturated carbocycles. The molecule has 1 aromatic carbocycles. The topological polar surface area (TPSA) is 32.9 Å². The SMILES string of the molecule is O=C(c1cc[nH]c1)c1ccc(Br)c(C(F)(F)F)c1. The zero-order valence-corrected chi connectivity index (χ0v) is 10.5. The number of carbonyl (C=O) groups is 1. The number of nitrogens with one attached hydrogen (secondary N) is 1. The van der Waals surface area contributed by atoms with Crippen molar-refractivity contribution in [3.63, 3.8) is 0 Å². The molecule has 0 fully saturated rings. The highest BCUT2D eigenvalue weighted by Gasteiger charge is 2.33. The van der Waals surface area contributed by atoms with E-state index in [2.05, 4.69) is 20.9 Å². The molecule has 2 nitrogen and oxygen atoms in total. The van der Waals surface area contributed by atoms with Crippen LogP contribution in [-0.2, 0) is 6.18 Å². The number of alkyl halides is 3. The van der Waals surface area contributed by atoms with Gasteiger partial charge in [0.1, 0.15) is 0 Å². The first-order valence-electron chi connectivity index (χ1n) is 4.94. The second-order valence-corrected chi connectivity index (χ2v) is 4.48. The highest BCUT2D eigenvalue weighted by molar-refractivity contribution is 9.10. The molecule has 0 aliphatic rings. The van der Waals surface area contributed by atoms with Crippen molar-refractivity contribution in [2.24, 2.45) is 0 Å². The first-order chi connectivity index (χ1) is 8.39. The molecule has 0 amide bonds. The van der Waals surface area contributed by atoms with E-state index < -0.39 is 17.5 Å². The molecule has 94 valence electrons. The first-order valence-corrected chi connectivity index (χ1v) is 5.73. The molecule has 0 atom stereocenters. The summed E-state index contributed by atoms with van der Waals surface area (Å²) in [5, 5.41) is 0. The zero-order chi connectivity index (χ0) is 13.3. The molecule has 6 heteroatoms. The van der Waals surface area contributed by atoms with Gasteiger partial charge in [-0.1, -0.05) is 15.9 Å². The summed E-state index contributed by atoms with van der Waals surface area (Å²) in [6.45, 7) is 0. The van der Waals surface area contributed by atoms with Gasteiger partial charge >= 0.3 is 6.18 Å². The number of H-pyrrole nitrogens is 1. The van der Waals surface area contributed by atoms with E-state index in [0.717, 1.165) is 6.07 Å². The Kier molecular flexibility index (Phi) is 3.30. The smallest absolute Gasteiger partial charge is 0.367 e. The lowest BCUT2D eigenvalue weighted by Crippen LogP contribution is -2.09. The predicted octanol–water partition coefficient (Wildman–Crippen LogP) is 4.03. The summed E-state index contributed by atoms with van der Waals surface area (Å²) >= 11 is 2.83. The van der Waals surface area contributed by atoms with Gasteiger partial charge < -0.3 is 4.98 Å². The second kappa shape index (κ2) is 4.61. The molecular weight excluding hydrogens is 311 g/mol. The average Bonchev–Trinajstić information content (AvgIpc) is 2.80. The van der Waals surface area contributed by atoms with E-state index in [9.17, 15) is 18.0 Å². The van der Waals surface area contributed by atoms with Crippen molar-refractivity contribution in [2.45, 2.75) is 6.18 Å². The maximum absolute atomic E-state index is 12.7. The fraction of sp³-hybridized carbons (Fsp3) is 0.0833. The number of rotatable bonds is 2. The highest BCUT2D eigenvalue weighted by atomic mass is 79.9. The molecule has 1 aromatic heterocycles. The van der Waals surface area contributed by atoms with Gasteiger partial charge in [-0.2, -0.15) is 13.2 Å². The van der Waals surface area contributed by atoms with E-state index in [-0.39, 0.29) is 10.0 Å². The fourth-order valence-corrected chi connectivity index (χ4v) is 1.99. The quantitative estimate of drug-likeness (QED) is 0.833. The lowest BCUT2D eigenvalue weighted by Gasteiger charge is -2.10. The van der Waals surface area contributed by atoms with Gasteiger partial charge in [-0.15, -0.1) is 0 Å². The summed E-state index contributed by atoms with van der Waals surface area (Å²) in [5.74, 6) is -0.450. The minimum Gasteiger partial charge on any atom is -0.367 e. The van der Waals surface area contributed by atoms with Crippen molar-refractivity contribution in [3.05, 3.63) is 57.8 Å². The summed E-state index contributed by atoms with van der Waals surface area (Å²) in [6.07, 6.45) is -1.51. The first kappa shape index (κ1) is 12.9. The molecule has 0 unspecified atom stereocenters. The number of aromatic nitrogens is 1. The minimum absolute atomic E-state index is 0.00475. The van der Waals surface area contributed by atoms with Crippen LogP contribution in [0.15, 0.2) is 41.1 Å². The van der Waals surface area contributed by atoms with Crippen molar-refractivity contribution >= 4 is 21.7 Å². The average molecular weight is 318 g/mol.